The van der Waals surface area contributed by atoms with Crippen molar-refractivity contribution < 1.29 is 14.3 Å². The van der Waals surface area contributed by atoms with Crippen LogP contribution in [0.2, 0.25) is 0 Å². The largest absolute Gasteiger partial charge is 0.465 e. The van der Waals surface area contributed by atoms with Crippen molar-refractivity contribution in [1.29, 1.82) is 0 Å². The molecule has 0 spiro atoms. The molecule has 0 radical (unpaired) electrons. The summed E-state index contributed by atoms with van der Waals surface area (Å²) in [5, 5.41) is 3.85. The van der Waals surface area contributed by atoms with Crippen LogP contribution in [0, 0.1) is 0 Å². The fourth-order valence-electron chi connectivity index (χ4n) is 2.29. The number of benzene rings is 1. The Morgan fingerprint density at radius 2 is 1.95 bits per heavy atom. The fourth-order valence-corrected chi connectivity index (χ4v) is 3.16. The highest BCUT2D eigenvalue weighted by Gasteiger charge is 2.19. The van der Waals surface area contributed by atoms with E-state index in [9.17, 15) is 9.59 Å². The van der Waals surface area contributed by atoms with Crippen LogP contribution >= 0.6 is 11.3 Å². The van der Waals surface area contributed by atoms with E-state index in [0.717, 1.165) is 28.2 Å². The van der Waals surface area contributed by atoms with Gasteiger partial charge in [0.1, 0.15) is 4.88 Å². The summed E-state index contributed by atoms with van der Waals surface area (Å²) >= 11 is 1.32. The van der Waals surface area contributed by atoms with E-state index in [1.807, 2.05) is 29.6 Å². The molecule has 1 aromatic carbocycles. The van der Waals surface area contributed by atoms with Gasteiger partial charge in [-0.05, 0) is 22.4 Å². The smallest absolute Gasteiger partial charge is 0.348 e. The first-order chi connectivity index (χ1) is 9.26. The third-order valence-electron chi connectivity index (χ3n) is 3.17. The molecule has 3 nitrogen and oxygen atoms in total. The number of esters is 1. The second-order valence-electron chi connectivity index (χ2n) is 4.14. The van der Waals surface area contributed by atoms with Crippen molar-refractivity contribution in [3.8, 4) is 11.1 Å². The molecule has 1 heterocycles. The van der Waals surface area contributed by atoms with Crippen molar-refractivity contribution in [3.05, 3.63) is 46.2 Å². The number of fused-ring (bicyclic) bond motifs is 3. The monoisotopic (exact) mass is 270 g/mol. The van der Waals surface area contributed by atoms with E-state index in [1.165, 1.54) is 18.4 Å². The molecule has 94 valence electrons. The Balaban J connectivity index is 2.38. The molecule has 2 aliphatic rings. The zero-order valence-corrected chi connectivity index (χ0v) is 11.0. The molecule has 0 saturated heterocycles. The van der Waals surface area contributed by atoms with Gasteiger partial charge in [0.15, 0.2) is 6.29 Å². The normalized spacial score (nSPS) is 10.8. The van der Waals surface area contributed by atoms with E-state index in [1.54, 1.807) is 6.07 Å². The maximum atomic E-state index is 11.6. The summed E-state index contributed by atoms with van der Waals surface area (Å²) in [4.78, 5) is 23.4. The molecule has 1 aliphatic heterocycles. The zero-order valence-electron chi connectivity index (χ0n) is 10.2. The van der Waals surface area contributed by atoms with Gasteiger partial charge in [0, 0.05) is 16.5 Å². The Kier molecular flexibility index (Phi) is 2.80. The quantitative estimate of drug-likeness (QED) is 0.528. The van der Waals surface area contributed by atoms with Crippen LogP contribution in [0.1, 0.15) is 20.0 Å². The summed E-state index contributed by atoms with van der Waals surface area (Å²) in [5.41, 5.74) is 2.43. The highest BCUT2D eigenvalue weighted by molar-refractivity contribution is 7.12. The first-order valence-electron chi connectivity index (χ1n) is 5.72. The second kappa shape index (κ2) is 4.48. The lowest BCUT2D eigenvalue weighted by molar-refractivity contribution is 0.0606. The number of rotatable bonds is 2. The lowest BCUT2D eigenvalue weighted by atomic mass is 10.1. The van der Waals surface area contributed by atoms with Gasteiger partial charge in [-0.1, -0.05) is 24.3 Å². The van der Waals surface area contributed by atoms with Gasteiger partial charge in [-0.3, -0.25) is 4.79 Å². The molecule has 3 rings (SSSR count). The first kappa shape index (κ1) is 11.9. The van der Waals surface area contributed by atoms with E-state index >= 15 is 0 Å². The maximum Gasteiger partial charge on any atom is 0.348 e. The second-order valence-corrected chi connectivity index (χ2v) is 5.05. The molecule has 0 saturated carbocycles. The average molecular weight is 270 g/mol. The predicted molar refractivity (Wildman–Crippen MR) is 75.2 cm³/mol. The first-order valence-corrected chi connectivity index (χ1v) is 6.60. The number of ether oxygens (including phenoxy) is 1. The van der Waals surface area contributed by atoms with Gasteiger partial charge in [-0.2, -0.15) is 0 Å². The molecule has 0 atom stereocenters. The highest BCUT2D eigenvalue weighted by Crippen LogP contribution is 2.39. The Morgan fingerprint density at radius 1 is 1.21 bits per heavy atom. The summed E-state index contributed by atoms with van der Waals surface area (Å²) < 4.78 is 4.72. The molecule has 19 heavy (non-hydrogen) atoms. The molecule has 4 heteroatoms. The van der Waals surface area contributed by atoms with Gasteiger partial charge in [0.2, 0.25) is 0 Å². The van der Waals surface area contributed by atoms with Gasteiger partial charge in [0.05, 0.1) is 7.11 Å². The minimum atomic E-state index is -0.381. The minimum absolute atomic E-state index is 0.381. The van der Waals surface area contributed by atoms with Crippen LogP contribution in [-0.2, 0) is 4.74 Å². The van der Waals surface area contributed by atoms with Crippen LogP contribution in [0.3, 0.4) is 0 Å². The molecule has 0 N–H and O–H groups in total. The summed E-state index contributed by atoms with van der Waals surface area (Å²) in [5.74, 6) is -0.381. The Hall–Kier alpha value is -2.20. The van der Waals surface area contributed by atoms with Crippen molar-refractivity contribution in [1.82, 2.24) is 0 Å². The minimum Gasteiger partial charge on any atom is -0.465 e. The Morgan fingerprint density at radius 3 is 2.63 bits per heavy atom. The van der Waals surface area contributed by atoms with Crippen LogP contribution in [0.25, 0.3) is 21.9 Å². The molecular formula is C15H10O3S. The van der Waals surface area contributed by atoms with Gasteiger partial charge < -0.3 is 4.74 Å². The Bertz CT molecular complexity index is 757. The van der Waals surface area contributed by atoms with E-state index < -0.39 is 0 Å². The fraction of sp³-hybridized carbons (Fsp3) is 0.0667. The number of carbonyl (C=O) groups is 2. The lowest BCUT2D eigenvalue weighted by Gasteiger charge is -2.03. The molecule has 0 amide bonds. The van der Waals surface area contributed by atoms with Gasteiger partial charge in [-0.15, -0.1) is 11.3 Å². The molecule has 0 aromatic heterocycles. The van der Waals surface area contributed by atoms with Gasteiger partial charge in [0.25, 0.3) is 0 Å². The van der Waals surface area contributed by atoms with E-state index in [0.29, 0.717) is 10.4 Å². The molecule has 1 aliphatic carbocycles. The third-order valence-corrected chi connectivity index (χ3v) is 4.06. The topological polar surface area (TPSA) is 43.4 Å². The molecule has 0 fully saturated rings. The van der Waals surface area contributed by atoms with E-state index in [-0.39, 0.29) is 5.97 Å². The van der Waals surface area contributed by atoms with Crippen molar-refractivity contribution in [3.63, 3.8) is 0 Å². The van der Waals surface area contributed by atoms with Crippen LogP contribution in [0.5, 0.6) is 0 Å². The molecule has 1 aromatic rings. The highest BCUT2D eigenvalue weighted by atomic mass is 32.1. The number of carbonyl (C=O) groups excluding carboxylic acids is 2. The molecule has 0 unspecified atom stereocenters. The van der Waals surface area contributed by atoms with Crippen LogP contribution < -0.4 is 0 Å². The van der Waals surface area contributed by atoms with E-state index in [4.69, 9.17) is 4.74 Å². The van der Waals surface area contributed by atoms with Crippen LogP contribution in [0.4, 0.5) is 0 Å². The molecule has 0 bridgehead atoms. The molecular weight excluding hydrogens is 260 g/mol. The summed E-state index contributed by atoms with van der Waals surface area (Å²) in [7, 11) is 1.35. The average Bonchev–Trinajstić information content (AvgIpc) is 2.79. The summed E-state index contributed by atoms with van der Waals surface area (Å²) in [6.07, 6.45) is 0.844. The third kappa shape index (κ3) is 1.72. The maximum absolute atomic E-state index is 11.6. The number of hydrogen-bond donors (Lipinski definition) is 0. The lowest BCUT2D eigenvalue weighted by Crippen LogP contribution is -1.99. The van der Waals surface area contributed by atoms with Gasteiger partial charge in [-0.25, -0.2) is 4.79 Å². The van der Waals surface area contributed by atoms with E-state index in [2.05, 4.69) is 0 Å². The van der Waals surface area contributed by atoms with Crippen molar-refractivity contribution in [2.75, 3.05) is 7.11 Å². The SMILES string of the molecule is COC(=O)c1cc2c(C=O)c3ccccc3c-2cs1. The number of hydrogen-bond acceptors (Lipinski definition) is 4. The number of aldehydes is 1. The van der Waals surface area contributed by atoms with Crippen molar-refractivity contribution >= 4 is 34.4 Å². The summed E-state index contributed by atoms with van der Waals surface area (Å²) in [6, 6.07) is 9.47. The Labute approximate surface area is 113 Å². The zero-order chi connectivity index (χ0) is 13.4. The van der Waals surface area contributed by atoms with Gasteiger partial charge >= 0.3 is 5.97 Å². The van der Waals surface area contributed by atoms with Crippen molar-refractivity contribution in [2.24, 2.45) is 0 Å². The van der Waals surface area contributed by atoms with Crippen LogP contribution in [0.15, 0.2) is 35.7 Å². The standard InChI is InChI=1S/C15H10O3S/c1-18-15(17)14-6-11-12(7-16)9-4-2-3-5-10(9)13(11)8-19-14/h2-8H,1H3. The number of methoxy groups -OCH3 is 1. The summed E-state index contributed by atoms with van der Waals surface area (Å²) in [6.45, 7) is 0. The predicted octanol–water partition coefficient (Wildman–Crippen LogP) is 3.61. The van der Waals surface area contributed by atoms with Crippen molar-refractivity contribution in [2.45, 2.75) is 0 Å². The van der Waals surface area contributed by atoms with Crippen LogP contribution in [-0.4, -0.2) is 19.4 Å².